The minimum Gasteiger partial charge on any atom is -0.374 e. The first-order chi connectivity index (χ1) is 24.8. The zero-order valence-electron chi connectivity index (χ0n) is 30.5. The normalized spacial score (nSPS) is 23.8. The van der Waals surface area contributed by atoms with Gasteiger partial charge in [0.15, 0.2) is 6.29 Å². The molecule has 0 spiro atoms. The number of halogens is 1. The summed E-state index contributed by atoms with van der Waals surface area (Å²) in [5, 5.41) is -0.0187. The fourth-order valence-electron chi connectivity index (χ4n) is 6.24. The molecule has 272 valence electrons. The van der Waals surface area contributed by atoms with Gasteiger partial charge in [0.2, 0.25) is 0 Å². The Morgan fingerprint density at radius 3 is 1.92 bits per heavy atom. The quantitative estimate of drug-likeness (QED) is 0.114. The minimum atomic E-state index is -2.16. The van der Waals surface area contributed by atoms with Crippen LogP contribution in [-0.4, -0.2) is 58.6 Å². The molecule has 3 aromatic rings. The molecule has 5 rings (SSSR count). The highest BCUT2D eigenvalue weighted by molar-refractivity contribution is 9.12. The van der Waals surface area contributed by atoms with E-state index in [1.54, 1.807) is 0 Å². The molecular formula is C43H53BrO6Si. The van der Waals surface area contributed by atoms with Gasteiger partial charge in [-0.25, -0.2) is 0 Å². The molecule has 2 saturated heterocycles. The first-order valence-electron chi connectivity index (χ1n) is 18.2. The largest absolute Gasteiger partial charge is 0.374 e. The van der Waals surface area contributed by atoms with Crippen molar-refractivity contribution < 1.29 is 28.4 Å². The summed E-state index contributed by atoms with van der Waals surface area (Å²) in [5.74, 6) is 6.65. The van der Waals surface area contributed by atoms with Crippen molar-refractivity contribution in [3.63, 3.8) is 0 Å². The Morgan fingerprint density at radius 1 is 0.765 bits per heavy atom. The summed E-state index contributed by atoms with van der Waals surface area (Å²) in [4.78, 5) is 2.97. The Labute approximate surface area is 315 Å². The Morgan fingerprint density at radius 2 is 1.35 bits per heavy atom. The van der Waals surface area contributed by atoms with E-state index in [1.165, 1.54) is 0 Å². The summed E-state index contributed by atoms with van der Waals surface area (Å²) in [7, 11) is -2.16. The predicted molar refractivity (Wildman–Crippen MR) is 208 cm³/mol. The van der Waals surface area contributed by atoms with Crippen LogP contribution >= 0.6 is 15.9 Å². The average Bonchev–Trinajstić information content (AvgIpc) is 3.15. The number of ether oxygens (including phenoxy) is 6. The van der Waals surface area contributed by atoms with E-state index in [4.69, 9.17) is 28.4 Å². The van der Waals surface area contributed by atoms with Gasteiger partial charge in [0.05, 0.1) is 38.4 Å². The fraction of sp³-hybridized carbons (Fsp3) is 0.488. The SMILES string of the molecule is CC(C)(CCOC1CCCCO1)[Si](C)(C)C#C[C@@H]1O[C@H](COCc2ccccc2)[C@@H](C#CBr)[C@H](OCc2ccccc2)[C@H]1OCc1ccccc1. The molecule has 0 N–H and O–H groups in total. The zero-order chi connectivity index (χ0) is 35.9. The lowest BCUT2D eigenvalue weighted by molar-refractivity contribution is -0.218. The lowest BCUT2D eigenvalue weighted by Gasteiger charge is -2.43. The molecule has 0 amide bonds. The van der Waals surface area contributed by atoms with Gasteiger partial charge in [-0.2, -0.15) is 0 Å². The Kier molecular flexibility index (Phi) is 15.4. The molecule has 0 saturated carbocycles. The third-order valence-corrected chi connectivity index (χ3v) is 14.9. The van der Waals surface area contributed by atoms with Crippen molar-refractivity contribution in [1.82, 2.24) is 0 Å². The fourth-order valence-corrected chi connectivity index (χ4v) is 8.07. The number of benzene rings is 3. The van der Waals surface area contributed by atoms with Crippen molar-refractivity contribution in [2.24, 2.45) is 5.92 Å². The van der Waals surface area contributed by atoms with Crippen LogP contribution in [0.15, 0.2) is 91.0 Å². The maximum absolute atomic E-state index is 6.90. The third-order valence-electron chi connectivity index (χ3n) is 10.3. The minimum absolute atomic E-state index is 0.0187. The highest BCUT2D eigenvalue weighted by Crippen LogP contribution is 2.41. The molecule has 0 aromatic heterocycles. The highest BCUT2D eigenvalue weighted by atomic mass is 79.9. The van der Waals surface area contributed by atoms with Crippen LogP contribution in [0.4, 0.5) is 0 Å². The summed E-state index contributed by atoms with van der Waals surface area (Å²) in [6, 6.07) is 30.6. The molecule has 6 nitrogen and oxygen atoms in total. The van der Waals surface area contributed by atoms with E-state index in [9.17, 15) is 0 Å². The first-order valence-corrected chi connectivity index (χ1v) is 22.0. The van der Waals surface area contributed by atoms with Gasteiger partial charge < -0.3 is 28.4 Å². The van der Waals surface area contributed by atoms with E-state index in [-0.39, 0.29) is 17.2 Å². The van der Waals surface area contributed by atoms with Gasteiger partial charge in [0.1, 0.15) is 26.4 Å². The van der Waals surface area contributed by atoms with E-state index < -0.39 is 32.5 Å². The van der Waals surface area contributed by atoms with E-state index in [1.807, 2.05) is 54.6 Å². The van der Waals surface area contributed by atoms with Crippen molar-refractivity contribution in [2.45, 2.75) is 108 Å². The van der Waals surface area contributed by atoms with Crippen LogP contribution < -0.4 is 0 Å². The highest BCUT2D eigenvalue weighted by Gasteiger charge is 2.47. The molecular weight excluding hydrogens is 720 g/mol. The third kappa shape index (κ3) is 11.9. The Balaban J connectivity index is 1.41. The second-order valence-electron chi connectivity index (χ2n) is 14.6. The van der Waals surface area contributed by atoms with Crippen LogP contribution in [-0.2, 0) is 48.2 Å². The maximum atomic E-state index is 6.90. The predicted octanol–water partition coefficient (Wildman–Crippen LogP) is 9.08. The smallest absolute Gasteiger partial charge is 0.157 e. The summed E-state index contributed by atoms with van der Waals surface area (Å²) >= 11 is 3.38. The molecule has 8 heteroatoms. The van der Waals surface area contributed by atoms with Crippen molar-refractivity contribution >= 4 is 24.0 Å². The van der Waals surface area contributed by atoms with Crippen LogP contribution in [0.5, 0.6) is 0 Å². The van der Waals surface area contributed by atoms with Gasteiger partial charge in [-0.05, 0) is 52.2 Å². The summed E-state index contributed by atoms with van der Waals surface area (Å²) in [6.07, 6.45) is 2.18. The van der Waals surface area contributed by atoms with Crippen LogP contribution in [0.1, 0.15) is 56.2 Å². The second-order valence-corrected chi connectivity index (χ2v) is 19.8. The average molecular weight is 774 g/mol. The van der Waals surface area contributed by atoms with Crippen LogP contribution in [0.2, 0.25) is 18.1 Å². The molecule has 0 aliphatic carbocycles. The van der Waals surface area contributed by atoms with Gasteiger partial charge in [0.25, 0.3) is 0 Å². The lowest BCUT2D eigenvalue weighted by Crippen LogP contribution is -2.57. The molecule has 2 heterocycles. The molecule has 3 aromatic carbocycles. The molecule has 2 fully saturated rings. The molecule has 2 aliphatic heterocycles. The van der Waals surface area contributed by atoms with Crippen LogP contribution in [0.25, 0.3) is 0 Å². The Hall–Kier alpha value is -2.76. The summed E-state index contributed by atoms with van der Waals surface area (Å²) in [5.41, 5.74) is 7.03. The monoisotopic (exact) mass is 772 g/mol. The van der Waals surface area contributed by atoms with Crippen molar-refractivity contribution in [3.05, 3.63) is 108 Å². The van der Waals surface area contributed by atoms with Crippen LogP contribution in [0.3, 0.4) is 0 Å². The van der Waals surface area contributed by atoms with Crippen LogP contribution in [0, 0.1) is 28.1 Å². The molecule has 0 bridgehead atoms. The number of hydrogen-bond donors (Lipinski definition) is 0. The van der Waals surface area contributed by atoms with Gasteiger partial charge >= 0.3 is 0 Å². The van der Waals surface area contributed by atoms with Crippen molar-refractivity contribution in [1.29, 1.82) is 0 Å². The molecule has 0 radical (unpaired) electrons. The maximum Gasteiger partial charge on any atom is 0.157 e. The Bertz CT molecular complexity index is 1570. The topological polar surface area (TPSA) is 55.4 Å². The van der Waals surface area contributed by atoms with Gasteiger partial charge in [-0.1, -0.05) is 130 Å². The standard InChI is InChI=1S/C43H53BrO6Si/c1-43(2,25-28-47-40-22-14-15-27-46-40)51(3,4)29-24-38-42(49-32-36-20-12-7-13-21-36)41(48-31-35-18-10-6-11-19-35)37(23-26-44)39(50-38)33-45-30-34-16-8-5-9-17-34/h5-13,16-21,37-42H,14-15,22,25,27-28,30-33H2,1-4H3/t37-,38+,39-,40?,41+,42+/m1/s1. The number of rotatable bonds is 15. The van der Waals surface area contributed by atoms with E-state index >= 15 is 0 Å². The van der Waals surface area contributed by atoms with Crippen molar-refractivity contribution in [2.75, 3.05) is 19.8 Å². The zero-order valence-corrected chi connectivity index (χ0v) is 33.1. The number of hydrogen-bond acceptors (Lipinski definition) is 6. The first kappa shape index (κ1) is 39.4. The van der Waals surface area contributed by atoms with E-state index in [2.05, 4.69) is 101 Å². The van der Waals surface area contributed by atoms with Gasteiger partial charge in [-0.3, -0.25) is 0 Å². The summed E-state index contributed by atoms with van der Waals surface area (Å²) < 4.78 is 38.7. The second kappa shape index (κ2) is 19.9. The molecule has 51 heavy (non-hydrogen) atoms. The summed E-state index contributed by atoms with van der Waals surface area (Å²) in [6.45, 7) is 12.4. The van der Waals surface area contributed by atoms with Gasteiger partial charge in [0, 0.05) is 29.1 Å². The van der Waals surface area contributed by atoms with Crippen molar-refractivity contribution in [3.8, 4) is 22.2 Å². The molecule has 2 aliphatic rings. The van der Waals surface area contributed by atoms with E-state index in [0.29, 0.717) is 33.0 Å². The lowest BCUT2D eigenvalue weighted by atomic mass is 9.87. The molecule has 1 unspecified atom stereocenters. The molecule has 6 atom stereocenters. The van der Waals surface area contributed by atoms with E-state index in [0.717, 1.165) is 49.0 Å². The van der Waals surface area contributed by atoms with Gasteiger partial charge in [-0.15, -0.1) is 5.54 Å².